The van der Waals surface area contributed by atoms with Gasteiger partial charge in [-0.3, -0.25) is 14.9 Å². The molecule has 8 nitrogen and oxygen atoms in total. The number of carbonyl (C=O) groups excluding carboxylic acids is 1. The summed E-state index contributed by atoms with van der Waals surface area (Å²) < 4.78 is 5.43. The number of nitro benzene ring substituents is 1. The van der Waals surface area contributed by atoms with Crippen LogP contribution in [0.25, 0.3) is 10.8 Å². The van der Waals surface area contributed by atoms with E-state index in [4.69, 9.17) is 4.74 Å². The largest absolute Gasteiger partial charge is 0.507 e. The summed E-state index contributed by atoms with van der Waals surface area (Å²) in [5.74, 6) is -0.153. The molecule has 0 bridgehead atoms. The van der Waals surface area contributed by atoms with E-state index in [2.05, 4.69) is 10.5 Å². The number of amides is 1. The molecule has 3 aromatic carbocycles. The number of nitrogens with one attached hydrogen (secondary N) is 1. The highest BCUT2D eigenvalue weighted by molar-refractivity contribution is 5.86. The summed E-state index contributed by atoms with van der Waals surface area (Å²) in [4.78, 5) is 22.0. The van der Waals surface area contributed by atoms with Crippen molar-refractivity contribution in [1.82, 2.24) is 5.43 Å². The Kier molecular flexibility index (Phi) is 5.27. The Morgan fingerprint density at radius 2 is 1.93 bits per heavy atom. The number of nitrogens with zero attached hydrogens (tertiary/aromatic N) is 2. The fourth-order valence-corrected chi connectivity index (χ4v) is 2.37. The standard InChI is InChI=1S/C19H15N3O5/c23-18-8-6-16(22(25)26)9-15(18)11-20-21-19(24)12-27-17-7-5-13-3-1-2-4-14(13)10-17/h1-11,23H,12H2,(H,21,24). The van der Waals surface area contributed by atoms with Crippen molar-refractivity contribution in [3.63, 3.8) is 0 Å². The Balaban J connectivity index is 1.57. The highest BCUT2D eigenvalue weighted by atomic mass is 16.6. The third-order valence-corrected chi connectivity index (χ3v) is 3.71. The van der Waals surface area contributed by atoms with Crippen molar-refractivity contribution in [2.45, 2.75) is 0 Å². The number of hydrogen-bond acceptors (Lipinski definition) is 6. The van der Waals surface area contributed by atoms with Crippen LogP contribution in [0.5, 0.6) is 11.5 Å². The van der Waals surface area contributed by atoms with Gasteiger partial charge in [-0.05, 0) is 29.0 Å². The zero-order valence-electron chi connectivity index (χ0n) is 14.0. The number of rotatable bonds is 6. The Hall–Kier alpha value is -3.94. The maximum atomic E-state index is 11.8. The van der Waals surface area contributed by atoms with E-state index in [-0.39, 0.29) is 23.6 Å². The van der Waals surface area contributed by atoms with E-state index in [1.807, 2.05) is 36.4 Å². The minimum absolute atomic E-state index is 0.111. The van der Waals surface area contributed by atoms with Crippen LogP contribution in [-0.4, -0.2) is 28.8 Å². The number of aromatic hydroxyl groups is 1. The molecule has 0 aliphatic rings. The van der Waals surface area contributed by atoms with Gasteiger partial charge in [0.25, 0.3) is 11.6 Å². The summed E-state index contributed by atoms with van der Waals surface area (Å²) in [6.45, 7) is -0.253. The molecular weight excluding hydrogens is 350 g/mol. The SMILES string of the molecule is O=C(COc1ccc2ccccc2c1)NN=Cc1cc([N+](=O)[O-])ccc1O. The molecule has 0 aliphatic heterocycles. The molecule has 0 aliphatic carbocycles. The number of benzene rings is 3. The molecule has 3 aromatic rings. The van der Waals surface area contributed by atoms with Crippen LogP contribution in [0, 0.1) is 10.1 Å². The van der Waals surface area contributed by atoms with Gasteiger partial charge >= 0.3 is 0 Å². The monoisotopic (exact) mass is 365 g/mol. The van der Waals surface area contributed by atoms with Gasteiger partial charge in [-0.15, -0.1) is 0 Å². The summed E-state index contributed by atoms with van der Waals surface area (Å²) in [6.07, 6.45) is 1.12. The van der Waals surface area contributed by atoms with Crippen molar-refractivity contribution < 1.29 is 19.6 Å². The lowest BCUT2D eigenvalue weighted by molar-refractivity contribution is -0.384. The first-order valence-electron chi connectivity index (χ1n) is 7.94. The van der Waals surface area contributed by atoms with Gasteiger partial charge in [0.2, 0.25) is 0 Å². The number of non-ortho nitro benzene ring substituents is 1. The Bertz CT molecular complexity index is 1030. The number of hydrogen-bond donors (Lipinski definition) is 2. The summed E-state index contributed by atoms with van der Waals surface area (Å²) in [7, 11) is 0. The zero-order chi connectivity index (χ0) is 19.2. The zero-order valence-corrected chi connectivity index (χ0v) is 14.0. The predicted octanol–water partition coefficient (Wildman–Crippen LogP) is 2.98. The average Bonchev–Trinajstić information content (AvgIpc) is 2.67. The fraction of sp³-hybridized carbons (Fsp3) is 0.0526. The molecule has 1 amide bonds. The molecule has 0 radical (unpaired) electrons. The van der Waals surface area contributed by atoms with Gasteiger partial charge in [-0.1, -0.05) is 30.3 Å². The molecule has 136 valence electrons. The van der Waals surface area contributed by atoms with Crippen LogP contribution in [-0.2, 0) is 4.79 Å². The maximum absolute atomic E-state index is 11.8. The van der Waals surface area contributed by atoms with Crippen LogP contribution in [0.1, 0.15) is 5.56 Å². The molecule has 27 heavy (non-hydrogen) atoms. The van der Waals surface area contributed by atoms with E-state index in [1.165, 1.54) is 12.1 Å². The first-order chi connectivity index (χ1) is 13.0. The highest BCUT2D eigenvalue weighted by Gasteiger charge is 2.09. The molecule has 0 fully saturated rings. The maximum Gasteiger partial charge on any atom is 0.277 e. The van der Waals surface area contributed by atoms with Gasteiger partial charge in [-0.25, -0.2) is 5.43 Å². The summed E-state index contributed by atoms with van der Waals surface area (Å²) >= 11 is 0. The molecule has 0 spiro atoms. The number of ether oxygens (including phenoxy) is 1. The van der Waals surface area contributed by atoms with E-state index in [1.54, 1.807) is 6.07 Å². The van der Waals surface area contributed by atoms with Gasteiger partial charge in [0.15, 0.2) is 6.61 Å². The van der Waals surface area contributed by atoms with Crippen LogP contribution in [0.3, 0.4) is 0 Å². The molecular formula is C19H15N3O5. The van der Waals surface area contributed by atoms with Gasteiger partial charge < -0.3 is 9.84 Å². The third kappa shape index (κ3) is 4.57. The molecule has 8 heteroatoms. The van der Waals surface area contributed by atoms with E-state index >= 15 is 0 Å². The van der Waals surface area contributed by atoms with Crippen LogP contribution in [0.2, 0.25) is 0 Å². The Morgan fingerprint density at radius 1 is 1.15 bits per heavy atom. The second kappa shape index (κ2) is 7.96. The number of hydrazone groups is 1. The molecule has 2 N–H and O–H groups in total. The lowest BCUT2D eigenvalue weighted by atomic mass is 10.1. The summed E-state index contributed by atoms with van der Waals surface area (Å²) in [5.41, 5.74) is 2.16. The van der Waals surface area contributed by atoms with Gasteiger partial charge in [0.1, 0.15) is 11.5 Å². The normalized spacial score (nSPS) is 10.8. The van der Waals surface area contributed by atoms with E-state index in [0.717, 1.165) is 23.1 Å². The van der Waals surface area contributed by atoms with Crippen LogP contribution >= 0.6 is 0 Å². The number of fused-ring (bicyclic) bond motifs is 1. The van der Waals surface area contributed by atoms with Crippen LogP contribution in [0.15, 0.2) is 65.8 Å². The molecule has 0 aromatic heterocycles. The van der Waals surface area contributed by atoms with E-state index in [9.17, 15) is 20.0 Å². The van der Waals surface area contributed by atoms with E-state index in [0.29, 0.717) is 5.75 Å². The highest BCUT2D eigenvalue weighted by Crippen LogP contribution is 2.21. The second-order valence-electron chi connectivity index (χ2n) is 5.59. The quantitative estimate of drug-likeness (QED) is 0.396. The average molecular weight is 365 g/mol. The van der Waals surface area contributed by atoms with Gasteiger partial charge in [0.05, 0.1) is 11.1 Å². The molecule has 3 rings (SSSR count). The minimum Gasteiger partial charge on any atom is -0.507 e. The van der Waals surface area contributed by atoms with Gasteiger partial charge in [-0.2, -0.15) is 5.10 Å². The van der Waals surface area contributed by atoms with Crippen LogP contribution in [0.4, 0.5) is 5.69 Å². The summed E-state index contributed by atoms with van der Waals surface area (Å²) in [6, 6.07) is 16.8. The molecule has 0 saturated carbocycles. The Morgan fingerprint density at radius 3 is 2.70 bits per heavy atom. The van der Waals surface area contributed by atoms with Crippen molar-refractivity contribution in [1.29, 1.82) is 0 Å². The second-order valence-corrected chi connectivity index (χ2v) is 5.59. The smallest absolute Gasteiger partial charge is 0.277 e. The molecule has 0 heterocycles. The van der Waals surface area contributed by atoms with E-state index < -0.39 is 10.8 Å². The predicted molar refractivity (Wildman–Crippen MR) is 99.9 cm³/mol. The molecule has 0 saturated heterocycles. The minimum atomic E-state index is -0.591. The summed E-state index contributed by atoms with van der Waals surface area (Å²) in [5, 5.41) is 26.1. The fourth-order valence-electron chi connectivity index (χ4n) is 2.37. The first kappa shape index (κ1) is 17.9. The van der Waals surface area contributed by atoms with Crippen molar-refractivity contribution in [3.05, 3.63) is 76.3 Å². The lowest BCUT2D eigenvalue weighted by Gasteiger charge is -2.06. The first-order valence-corrected chi connectivity index (χ1v) is 7.94. The van der Waals surface area contributed by atoms with Crippen LogP contribution < -0.4 is 10.2 Å². The molecule has 0 atom stereocenters. The number of nitro groups is 1. The number of phenolic OH excluding ortho intramolecular Hbond substituents is 1. The molecule has 0 unspecified atom stereocenters. The van der Waals surface area contributed by atoms with Crippen molar-refractivity contribution >= 4 is 28.6 Å². The van der Waals surface area contributed by atoms with Gasteiger partial charge in [0, 0.05) is 17.7 Å². The van der Waals surface area contributed by atoms with Crippen molar-refractivity contribution in [2.24, 2.45) is 5.10 Å². The number of carbonyl (C=O) groups is 1. The van der Waals surface area contributed by atoms with Crippen molar-refractivity contribution in [3.8, 4) is 11.5 Å². The topological polar surface area (TPSA) is 114 Å². The third-order valence-electron chi connectivity index (χ3n) is 3.71. The Labute approximate surface area is 153 Å². The lowest BCUT2D eigenvalue weighted by Crippen LogP contribution is -2.24. The number of phenols is 1. The van der Waals surface area contributed by atoms with Crippen molar-refractivity contribution in [2.75, 3.05) is 6.61 Å².